The molecule has 0 saturated carbocycles. The number of ether oxygens (including phenoxy) is 2. The van der Waals surface area contributed by atoms with Crippen LogP contribution in [0, 0.1) is 5.92 Å². The van der Waals surface area contributed by atoms with Crippen LogP contribution in [0.5, 0.6) is 0 Å². The van der Waals surface area contributed by atoms with Gasteiger partial charge >= 0.3 is 5.97 Å². The van der Waals surface area contributed by atoms with Crippen molar-refractivity contribution in [2.45, 2.75) is 12.5 Å². The van der Waals surface area contributed by atoms with Crippen LogP contribution >= 0.6 is 0 Å². The summed E-state index contributed by atoms with van der Waals surface area (Å²) in [6.45, 7) is 1.14. The third-order valence-corrected chi connectivity index (χ3v) is 3.31. The molecule has 0 bridgehead atoms. The molecule has 1 aliphatic heterocycles. The van der Waals surface area contributed by atoms with Crippen LogP contribution in [-0.4, -0.2) is 49.5 Å². The summed E-state index contributed by atoms with van der Waals surface area (Å²) in [6.07, 6.45) is -0.275. The molecule has 1 fully saturated rings. The van der Waals surface area contributed by atoms with Gasteiger partial charge in [-0.15, -0.1) is 0 Å². The Balaban J connectivity index is 1.85. The Morgan fingerprint density at radius 1 is 1.29 bits per heavy atom. The first-order valence-corrected chi connectivity index (χ1v) is 6.90. The Kier molecular flexibility index (Phi) is 5.71. The Morgan fingerprint density at radius 3 is 2.67 bits per heavy atom. The molecule has 6 heteroatoms. The molecule has 1 saturated heterocycles. The molecular formula is C15H19NO5. The predicted octanol–water partition coefficient (Wildman–Crippen LogP) is 0.462. The van der Waals surface area contributed by atoms with Crippen molar-refractivity contribution in [2.75, 3.05) is 26.4 Å². The molecule has 0 radical (unpaired) electrons. The van der Waals surface area contributed by atoms with Crippen molar-refractivity contribution in [1.82, 2.24) is 5.32 Å². The van der Waals surface area contributed by atoms with E-state index in [-0.39, 0.29) is 19.1 Å². The molecule has 0 unspecified atom stereocenters. The van der Waals surface area contributed by atoms with Gasteiger partial charge in [-0.3, -0.25) is 9.59 Å². The van der Waals surface area contributed by atoms with Gasteiger partial charge in [0.05, 0.1) is 25.7 Å². The number of carbonyl (C=O) groups excluding carboxylic acids is 1. The maximum Gasteiger partial charge on any atom is 0.308 e. The first kappa shape index (κ1) is 15.5. The van der Waals surface area contributed by atoms with E-state index >= 15 is 0 Å². The lowest BCUT2D eigenvalue weighted by Gasteiger charge is -2.23. The Bertz CT molecular complexity index is 470. The zero-order chi connectivity index (χ0) is 15.1. The average molecular weight is 293 g/mol. The molecule has 2 N–H and O–H groups in total. The summed E-state index contributed by atoms with van der Waals surface area (Å²) in [7, 11) is 0. The molecule has 0 aromatic heterocycles. The van der Waals surface area contributed by atoms with Crippen LogP contribution < -0.4 is 5.32 Å². The Hall–Kier alpha value is -1.92. The molecule has 1 aromatic rings. The minimum Gasteiger partial charge on any atom is -0.481 e. The molecule has 1 heterocycles. The quantitative estimate of drug-likeness (QED) is 0.796. The van der Waals surface area contributed by atoms with Crippen molar-refractivity contribution in [3.63, 3.8) is 0 Å². The monoisotopic (exact) mass is 293 g/mol. The van der Waals surface area contributed by atoms with Gasteiger partial charge in [0.1, 0.15) is 0 Å². The van der Waals surface area contributed by atoms with Crippen molar-refractivity contribution < 1.29 is 24.2 Å². The second-order valence-corrected chi connectivity index (χ2v) is 4.90. The van der Waals surface area contributed by atoms with Crippen LogP contribution in [0.25, 0.3) is 0 Å². The fourth-order valence-electron chi connectivity index (χ4n) is 2.12. The van der Waals surface area contributed by atoms with Crippen LogP contribution in [-0.2, 0) is 25.5 Å². The highest BCUT2D eigenvalue weighted by Gasteiger charge is 2.25. The van der Waals surface area contributed by atoms with E-state index in [0.29, 0.717) is 19.6 Å². The summed E-state index contributed by atoms with van der Waals surface area (Å²) in [4.78, 5) is 23.2. The summed E-state index contributed by atoms with van der Waals surface area (Å²) in [5, 5.41) is 11.9. The minimum absolute atomic E-state index is 0.0723. The van der Waals surface area contributed by atoms with Crippen molar-refractivity contribution in [3.05, 3.63) is 35.9 Å². The second-order valence-electron chi connectivity index (χ2n) is 4.90. The zero-order valence-corrected chi connectivity index (χ0v) is 11.7. The summed E-state index contributed by atoms with van der Waals surface area (Å²) < 4.78 is 10.4. The maximum absolute atomic E-state index is 11.9. The summed E-state index contributed by atoms with van der Waals surface area (Å²) in [5.41, 5.74) is 0.927. The number of amides is 1. The maximum atomic E-state index is 11.9. The number of carbonyl (C=O) groups is 2. The van der Waals surface area contributed by atoms with E-state index in [1.54, 1.807) is 0 Å². The SMILES string of the molecule is O=C(O)[C@H](CNC(=O)[C@H]1COCCO1)Cc1ccccc1. The van der Waals surface area contributed by atoms with Gasteiger partial charge in [-0.05, 0) is 12.0 Å². The molecular weight excluding hydrogens is 274 g/mol. The van der Waals surface area contributed by atoms with Gasteiger partial charge in [0.2, 0.25) is 0 Å². The molecule has 1 aromatic carbocycles. The van der Waals surface area contributed by atoms with Gasteiger partial charge < -0.3 is 19.9 Å². The number of hydrogen-bond donors (Lipinski definition) is 2. The first-order valence-electron chi connectivity index (χ1n) is 6.90. The van der Waals surface area contributed by atoms with E-state index in [9.17, 15) is 14.7 Å². The number of carboxylic acid groups (broad SMARTS) is 1. The molecule has 6 nitrogen and oxygen atoms in total. The van der Waals surface area contributed by atoms with E-state index in [1.807, 2.05) is 30.3 Å². The molecule has 2 rings (SSSR count). The first-order chi connectivity index (χ1) is 10.2. The fraction of sp³-hybridized carbons (Fsp3) is 0.467. The van der Waals surface area contributed by atoms with Crippen molar-refractivity contribution in [2.24, 2.45) is 5.92 Å². The topological polar surface area (TPSA) is 84.9 Å². The van der Waals surface area contributed by atoms with Crippen LogP contribution in [0.4, 0.5) is 0 Å². The second kappa shape index (κ2) is 7.75. The van der Waals surface area contributed by atoms with E-state index in [2.05, 4.69) is 5.32 Å². The highest BCUT2D eigenvalue weighted by Crippen LogP contribution is 2.09. The molecule has 0 aliphatic carbocycles. The van der Waals surface area contributed by atoms with Gasteiger partial charge in [-0.2, -0.15) is 0 Å². The molecule has 1 aliphatic rings. The molecule has 0 spiro atoms. The van der Waals surface area contributed by atoms with E-state index in [4.69, 9.17) is 9.47 Å². The van der Waals surface area contributed by atoms with Gasteiger partial charge in [0.15, 0.2) is 6.10 Å². The molecule has 21 heavy (non-hydrogen) atoms. The molecule has 114 valence electrons. The van der Waals surface area contributed by atoms with Crippen molar-refractivity contribution >= 4 is 11.9 Å². The van der Waals surface area contributed by atoms with Gasteiger partial charge in [-0.25, -0.2) is 0 Å². The Labute approximate surface area is 123 Å². The smallest absolute Gasteiger partial charge is 0.308 e. The van der Waals surface area contributed by atoms with Gasteiger partial charge in [0.25, 0.3) is 5.91 Å². The normalized spacial score (nSPS) is 19.7. The number of carboxylic acids is 1. The van der Waals surface area contributed by atoms with Crippen molar-refractivity contribution in [3.8, 4) is 0 Å². The van der Waals surface area contributed by atoms with Gasteiger partial charge in [-0.1, -0.05) is 30.3 Å². The number of nitrogens with one attached hydrogen (secondary N) is 1. The van der Waals surface area contributed by atoms with E-state index < -0.39 is 18.0 Å². The highest BCUT2D eigenvalue weighted by molar-refractivity contribution is 5.81. The minimum atomic E-state index is -0.931. The standard InChI is InChI=1S/C15H19NO5/c17-14(13-10-20-6-7-21-13)16-9-12(15(18)19)8-11-4-2-1-3-5-11/h1-5,12-13H,6-10H2,(H,16,17)(H,18,19)/t12-,13+/m0/s1. The van der Waals surface area contributed by atoms with Crippen LogP contribution in [0.1, 0.15) is 5.56 Å². The third-order valence-electron chi connectivity index (χ3n) is 3.31. The lowest BCUT2D eigenvalue weighted by atomic mass is 9.99. The summed E-state index contributed by atoms with van der Waals surface area (Å²) >= 11 is 0. The van der Waals surface area contributed by atoms with E-state index in [0.717, 1.165) is 5.56 Å². The number of aliphatic carboxylic acids is 1. The summed E-state index contributed by atoms with van der Waals surface area (Å²) in [5.74, 6) is -1.92. The fourth-order valence-corrected chi connectivity index (χ4v) is 2.12. The van der Waals surface area contributed by atoms with E-state index in [1.165, 1.54) is 0 Å². The molecule has 2 atom stereocenters. The van der Waals surface area contributed by atoms with Crippen LogP contribution in [0.2, 0.25) is 0 Å². The molecule has 1 amide bonds. The summed E-state index contributed by atoms with van der Waals surface area (Å²) in [6, 6.07) is 9.34. The lowest BCUT2D eigenvalue weighted by Crippen LogP contribution is -2.45. The average Bonchev–Trinajstić information content (AvgIpc) is 2.52. The third kappa shape index (κ3) is 4.84. The largest absolute Gasteiger partial charge is 0.481 e. The zero-order valence-electron chi connectivity index (χ0n) is 11.7. The number of rotatable bonds is 6. The van der Waals surface area contributed by atoms with Gasteiger partial charge in [0, 0.05) is 6.54 Å². The lowest BCUT2D eigenvalue weighted by molar-refractivity contribution is -0.148. The van der Waals surface area contributed by atoms with Crippen LogP contribution in [0.15, 0.2) is 30.3 Å². The van der Waals surface area contributed by atoms with Crippen molar-refractivity contribution in [1.29, 1.82) is 0 Å². The highest BCUT2D eigenvalue weighted by atomic mass is 16.6. The van der Waals surface area contributed by atoms with Crippen LogP contribution in [0.3, 0.4) is 0 Å². The Morgan fingerprint density at radius 2 is 2.05 bits per heavy atom. The number of benzene rings is 1. The predicted molar refractivity (Wildman–Crippen MR) is 74.8 cm³/mol. The number of hydrogen-bond acceptors (Lipinski definition) is 4.